The molecule has 6 nitrogen and oxygen atoms in total. The molecule has 21 heavy (non-hydrogen) atoms. The van der Waals surface area contributed by atoms with Gasteiger partial charge in [0.2, 0.25) is 11.8 Å². The Bertz CT molecular complexity index is 544. The average molecular weight is 292 g/mol. The van der Waals surface area contributed by atoms with Gasteiger partial charge in [0.05, 0.1) is 24.7 Å². The van der Waals surface area contributed by atoms with Gasteiger partial charge in [0, 0.05) is 17.2 Å². The van der Waals surface area contributed by atoms with Crippen molar-refractivity contribution >= 4 is 18.5 Å². The highest BCUT2D eigenvalue weighted by molar-refractivity contribution is 6.62. The Morgan fingerprint density at radius 1 is 1.33 bits per heavy atom. The van der Waals surface area contributed by atoms with Crippen molar-refractivity contribution in [2.45, 2.75) is 45.3 Å². The minimum absolute atomic E-state index is 0.0590. The Hall–Kier alpha value is -1.60. The number of aromatic nitrogens is 1. The van der Waals surface area contributed by atoms with Gasteiger partial charge < -0.3 is 19.8 Å². The van der Waals surface area contributed by atoms with Gasteiger partial charge in [-0.1, -0.05) is 6.07 Å². The van der Waals surface area contributed by atoms with Crippen LogP contribution in [0.25, 0.3) is 0 Å². The fourth-order valence-corrected chi connectivity index (χ4v) is 2.12. The molecule has 2 heterocycles. The molecule has 0 atom stereocenters. The van der Waals surface area contributed by atoms with E-state index in [0.717, 1.165) is 5.46 Å². The second-order valence-corrected chi connectivity index (χ2v) is 6.17. The zero-order valence-corrected chi connectivity index (χ0v) is 13.1. The van der Waals surface area contributed by atoms with Crippen LogP contribution in [0.15, 0.2) is 12.3 Å². The Labute approximate surface area is 125 Å². The van der Waals surface area contributed by atoms with Gasteiger partial charge in [-0.3, -0.25) is 4.79 Å². The summed E-state index contributed by atoms with van der Waals surface area (Å²) in [6.45, 7) is 7.92. The van der Waals surface area contributed by atoms with E-state index in [-0.39, 0.29) is 6.42 Å². The summed E-state index contributed by atoms with van der Waals surface area (Å²) in [6, 6.07) is 1.79. The van der Waals surface area contributed by atoms with Gasteiger partial charge in [-0.05, 0) is 27.7 Å². The fourth-order valence-electron chi connectivity index (χ4n) is 2.12. The fraction of sp³-hybridized carbons (Fsp3) is 0.571. The lowest BCUT2D eigenvalue weighted by molar-refractivity contribution is -0.117. The molecule has 0 unspecified atom stereocenters. The zero-order valence-electron chi connectivity index (χ0n) is 13.1. The molecule has 1 aromatic rings. The van der Waals surface area contributed by atoms with Crippen LogP contribution in [0, 0.1) is 0 Å². The lowest BCUT2D eigenvalue weighted by Gasteiger charge is -2.32. The number of amides is 1. The molecule has 0 aromatic carbocycles. The molecule has 0 saturated carbocycles. The van der Waals surface area contributed by atoms with Crippen LogP contribution in [0.2, 0.25) is 0 Å². The van der Waals surface area contributed by atoms with E-state index >= 15 is 0 Å². The molecule has 1 saturated heterocycles. The number of rotatable bonds is 4. The van der Waals surface area contributed by atoms with Crippen molar-refractivity contribution in [1.29, 1.82) is 0 Å². The Morgan fingerprint density at radius 3 is 2.38 bits per heavy atom. The summed E-state index contributed by atoms with van der Waals surface area (Å²) in [7, 11) is 0.974. The van der Waals surface area contributed by atoms with E-state index < -0.39 is 24.2 Å². The maximum absolute atomic E-state index is 11.2. The normalized spacial score (nSPS) is 19.6. The van der Waals surface area contributed by atoms with E-state index in [2.05, 4.69) is 4.98 Å². The van der Waals surface area contributed by atoms with Crippen molar-refractivity contribution in [3.05, 3.63) is 17.8 Å². The van der Waals surface area contributed by atoms with E-state index in [9.17, 15) is 4.79 Å². The highest BCUT2D eigenvalue weighted by Gasteiger charge is 2.51. The molecule has 0 spiro atoms. The maximum atomic E-state index is 11.2. The van der Waals surface area contributed by atoms with Crippen LogP contribution in [-0.4, -0.2) is 36.3 Å². The van der Waals surface area contributed by atoms with E-state index in [1.54, 1.807) is 12.3 Å². The Morgan fingerprint density at radius 2 is 1.90 bits per heavy atom. The van der Waals surface area contributed by atoms with Gasteiger partial charge in [0.15, 0.2) is 0 Å². The number of pyridine rings is 1. The Balaban J connectivity index is 2.32. The topological polar surface area (TPSA) is 83.7 Å². The van der Waals surface area contributed by atoms with Gasteiger partial charge in [0.25, 0.3) is 0 Å². The second kappa shape index (κ2) is 5.31. The SMILES string of the molecule is COc1ncc(B2OC(C)(C)C(C)(C)O2)cc1CC(N)=O. The summed E-state index contributed by atoms with van der Waals surface area (Å²) in [4.78, 5) is 15.4. The summed E-state index contributed by atoms with van der Waals surface area (Å²) in [5.41, 5.74) is 5.76. The lowest BCUT2D eigenvalue weighted by Crippen LogP contribution is -2.41. The van der Waals surface area contributed by atoms with Gasteiger partial charge in [-0.25, -0.2) is 4.98 Å². The van der Waals surface area contributed by atoms with E-state index in [4.69, 9.17) is 19.8 Å². The number of methoxy groups -OCH3 is 1. The average Bonchev–Trinajstić information content (AvgIpc) is 2.57. The monoisotopic (exact) mass is 292 g/mol. The second-order valence-electron chi connectivity index (χ2n) is 6.17. The number of ether oxygens (including phenoxy) is 1. The Kier molecular flexibility index (Phi) is 3.99. The van der Waals surface area contributed by atoms with Crippen LogP contribution < -0.4 is 15.9 Å². The third-order valence-electron chi connectivity index (χ3n) is 4.03. The number of hydrogen-bond donors (Lipinski definition) is 1. The molecule has 2 N–H and O–H groups in total. The molecular weight excluding hydrogens is 271 g/mol. The molecule has 1 aliphatic heterocycles. The molecule has 7 heteroatoms. The van der Waals surface area contributed by atoms with Crippen molar-refractivity contribution in [2.75, 3.05) is 7.11 Å². The molecule has 0 aliphatic carbocycles. The summed E-state index contributed by atoms with van der Waals surface area (Å²) < 4.78 is 17.1. The van der Waals surface area contributed by atoms with Gasteiger partial charge in [0.1, 0.15) is 0 Å². The number of hydrogen-bond acceptors (Lipinski definition) is 5. The van der Waals surface area contributed by atoms with Gasteiger partial charge in [-0.2, -0.15) is 0 Å². The van der Waals surface area contributed by atoms with Gasteiger partial charge >= 0.3 is 7.12 Å². The molecule has 0 radical (unpaired) electrons. The predicted molar refractivity (Wildman–Crippen MR) is 79.4 cm³/mol. The quantitative estimate of drug-likeness (QED) is 0.813. The number of nitrogens with zero attached hydrogens (tertiary/aromatic N) is 1. The molecule has 1 amide bonds. The lowest BCUT2D eigenvalue weighted by atomic mass is 9.79. The van der Waals surface area contributed by atoms with Crippen molar-refractivity contribution < 1.29 is 18.8 Å². The molecule has 1 fully saturated rings. The first-order chi connectivity index (χ1) is 9.66. The third kappa shape index (κ3) is 3.03. The van der Waals surface area contributed by atoms with Crippen molar-refractivity contribution in [3.8, 4) is 5.88 Å². The van der Waals surface area contributed by atoms with Crippen LogP contribution in [0.4, 0.5) is 0 Å². The summed E-state index contributed by atoms with van der Waals surface area (Å²) in [5.74, 6) is -0.0600. The summed E-state index contributed by atoms with van der Waals surface area (Å²) in [5, 5.41) is 0. The van der Waals surface area contributed by atoms with Crippen molar-refractivity contribution in [1.82, 2.24) is 4.98 Å². The van der Waals surface area contributed by atoms with Crippen LogP contribution in [0.1, 0.15) is 33.3 Å². The first-order valence-corrected chi connectivity index (χ1v) is 6.83. The van der Waals surface area contributed by atoms with Crippen LogP contribution in [0.3, 0.4) is 0 Å². The maximum Gasteiger partial charge on any atom is 0.496 e. The minimum atomic E-state index is -0.528. The van der Waals surface area contributed by atoms with Crippen LogP contribution >= 0.6 is 0 Å². The molecule has 0 bridgehead atoms. The number of nitrogens with two attached hydrogens (primary N) is 1. The highest BCUT2D eigenvalue weighted by Crippen LogP contribution is 2.36. The van der Waals surface area contributed by atoms with Crippen LogP contribution in [-0.2, 0) is 20.5 Å². The van der Waals surface area contributed by atoms with Gasteiger partial charge in [-0.15, -0.1) is 0 Å². The predicted octanol–water partition coefficient (Wildman–Crippen LogP) is 0.417. The first kappa shape index (κ1) is 15.8. The summed E-state index contributed by atoms with van der Waals surface area (Å²) >= 11 is 0. The van der Waals surface area contributed by atoms with E-state index in [1.807, 2.05) is 27.7 Å². The largest absolute Gasteiger partial charge is 0.496 e. The third-order valence-corrected chi connectivity index (χ3v) is 4.03. The smallest absolute Gasteiger partial charge is 0.481 e. The standard InChI is InChI=1S/C14H21BN2O4/c1-13(2)14(3,4)21-15(20-13)10-6-9(7-11(16)18)12(19-5)17-8-10/h6,8H,7H2,1-5H3,(H2,16,18). The minimum Gasteiger partial charge on any atom is -0.481 e. The molecule has 114 valence electrons. The van der Waals surface area contributed by atoms with E-state index in [1.165, 1.54) is 7.11 Å². The zero-order chi connectivity index (χ0) is 15.8. The highest BCUT2D eigenvalue weighted by atomic mass is 16.7. The van der Waals surface area contributed by atoms with Crippen LogP contribution in [0.5, 0.6) is 5.88 Å². The number of primary amides is 1. The molecule has 1 aliphatic rings. The van der Waals surface area contributed by atoms with Crippen molar-refractivity contribution in [3.63, 3.8) is 0 Å². The molecule has 1 aromatic heterocycles. The first-order valence-electron chi connectivity index (χ1n) is 6.83. The van der Waals surface area contributed by atoms with E-state index in [0.29, 0.717) is 11.4 Å². The number of carbonyl (C=O) groups is 1. The van der Waals surface area contributed by atoms with Crippen molar-refractivity contribution in [2.24, 2.45) is 5.73 Å². The summed E-state index contributed by atoms with van der Waals surface area (Å²) in [6.07, 6.45) is 1.69. The molecular formula is C14H21BN2O4. The number of carbonyl (C=O) groups excluding carboxylic acids is 1. The molecule has 2 rings (SSSR count).